The number of guanidine groups is 1. The fraction of sp³-hybridized carbons (Fsp3) is 0.700. The highest BCUT2D eigenvalue weighted by molar-refractivity contribution is 14.0. The first kappa shape index (κ1) is 24.2. The first-order chi connectivity index (χ1) is 13.3. The van der Waals surface area contributed by atoms with Crippen LogP contribution < -0.4 is 10.1 Å². The van der Waals surface area contributed by atoms with Crippen LogP contribution in [0.3, 0.4) is 0 Å². The molecule has 1 N–H and O–H groups in total. The third kappa shape index (κ3) is 6.19. The third-order valence-corrected chi connectivity index (χ3v) is 8.01. The first-order valence-corrected chi connectivity index (χ1v) is 11.8. The van der Waals surface area contributed by atoms with Crippen molar-refractivity contribution in [3.63, 3.8) is 0 Å². The van der Waals surface area contributed by atoms with Gasteiger partial charge in [-0.3, -0.25) is 0 Å². The Morgan fingerprint density at radius 2 is 2.10 bits per heavy atom. The SMILES string of the molecule is CCNC(=NCc1ccnc(OC2CCCC2)c1)N1CCS(=O)(=O)C(C)(C)C1.I. The monoisotopic (exact) mass is 536 g/mol. The average molecular weight is 536 g/mol. The van der Waals surface area contributed by atoms with Gasteiger partial charge in [-0.05, 0) is 58.1 Å². The van der Waals surface area contributed by atoms with Crippen LogP contribution in [0.15, 0.2) is 23.3 Å². The number of nitrogens with one attached hydrogen (secondary N) is 1. The van der Waals surface area contributed by atoms with E-state index in [2.05, 4.69) is 10.3 Å². The highest BCUT2D eigenvalue weighted by Gasteiger charge is 2.40. The number of hydrogen-bond acceptors (Lipinski definition) is 5. The summed E-state index contributed by atoms with van der Waals surface area (Å²) in [5, 5.41) is 3.30. The standard InChI is InChI=1S/C20H32N4O3S.HI/c1-4-21-19(24-11-12-28(25,26)20(2,3)15-24)23-14-16-9-10-22-18(13-16)27-17-7-5-6-8-17;/h9-10,13,17H,4-8,11-12,14-15H2,1-3H3,(H,21,23);1H. The molecule has 1 aromatic rings. The summed E-state index contributed by atoms with van der Waals surface area (Å²) in [5.41, 5.74) is 1.03. The Labute approximate surface area is 191 Å². The number of halogens is 1. The van der Waals surface area contributed by atoms with Gasteiger partial charge in [0, 0.05) is 31.9 Å². The fourth-order valence-electron chi connectivity index (χ4n) is 3.71. The van der Waals surface area contributed by atoms with E-state index >= 15 is 0 Å². The maximum absolute atomic E-state index is 12.3. The summed E-state index contributed by atoms with van der Waals surface area (Å²) in [6.07, 6.45) is 6.69. The molecule has 2 fully saturated rings. The van der Waals surface area contributed by atoms with Crippen molar-refractivity contribution in [1.29, 1.82) is 0 Å². The largest absolute Gasteiger partial charge is 0.474 e. The number of aromatic nitrogens is 1. The maximum Gasteiger partial charge on any atom is 0.213 e. The molecule has 1 saturated carbocycles. The van der Waals surface area contributed by atoms with Crippen LogP contribution in [-0.2, 0) is 16.4 Å². The first-order valence-electron chi connectivity index (χ1n) is 10.2. The van der Waals surface area contributed by atoms with Gasteiger partial charge in [-0.15, -0.1) is 24.0 Å². The van der Waals surface area contributed by atoms with Gasteiger partial charge in [0.15, 0.2) is 15.8 Å². The maximum atomic E-state index is 12.3. The second-order valence-corrected chi connectivity index (χ2v) is 10.9. The summed E-state index contributed by atoms with van der Waals surface area (Å²) < 4.78 is 29.8. The number of sulfone groups is 1. The minimum Gasteiger partial charge on any atom is -0.474 e. The molecule has 29 heavy (non-hydrogen) atoms. The van der Waals surface area contributed by atoms with E-state index in [-0.39, 0.29) is 35.8 Å². The summed E-state index contributed by atoms with van der Waals surface area (Å²) in [4.78, 5) is 11.1. The van der Waals surface area contributed by atoms with Crippen LogP contribution in [0, 0.1) is 0 Å². The minimum absolute atomic E-state index is 0. The van der Waals surface area contributed by atoms with Crippen molar-refractivity contribution in [3.8, 4) is 5.88 Å². The lowest BCUT2D eigenvalue weighted by Crippen LogP contribution is -2.57. The number of pyridine rings is 1. The zero-order valence-electron chi connectivity index (χ0n) is 17.6. The van der Waals surface area contributed by atoms with E-state index < -0.39 is 14.6 Å². The van der Waals surface area contributed by atoms with Crippen LogP contribution in [0.5, 0.6) is 5.88 Å². The Hall–Kier alpha value is -1.10. The molecule has 3 rings (SSSR count). The molecular weight excluding hydrogens is 503 g/mol. The van der Waals surface area contributed by atoms with Crippen LogP contribution in [0.4, 0.5) is 0 Å². The van der Waals surface area contributed by atoms with Crippen molar-refractivity contribution < 1.29 is 13.2 Å². The van der Waals surface area contributed by atoms with Gasteiger partial charge in [0.1, 0.15) is 6.10 Å². The Morgan fingerprint density at radius 3 is 2.76 bits per heavy atom. The predicted octanol–water partition coefficient (Wildman–Crippen LogP) is 3.00. The van der Waals surface area contributed by atoms with Gasteiger partial charge in [-0.2, -0.15) is 0 Å². The van der Waals surface area contributed by atoms with Gasteiger partial charge in [-0.1, -0.05) is 0 Å². The van der Waals surface area contributed by atoms with E-state index in [9.17, 15) is 8.42 Å². The van der Waals surface area contributed by atoms with Gasteiger partial charge >= 0.3 is 0 Å². The van der Waals surface area contributed by atoms with E-state index in [1.54, 1.807) is 20.0 Å². The molecule has 1 aliphatic carbocycles. The zero-order valence-corrected chi connectivity index (χ0v) is 20.7. The molecular formula is C20H33IN4O3S. The molecule has 1 saturated heterocycles. The summed E-state index contributed by atoms with van der Waals surface area (Å²) in [5.74, 6) is 1.56. The summed E-state index contributed by atoms with van der Waals surface area (Å²) >= 11 is 0. The topological polar surface area (TPSA) is 83.9 Å². The molecule has 0 spiro atoms. The molecule has 164 valence electrons. The van der Waals surface area contributed by atoms with Crippen LogP contribution >= 0.6 is 24.0 Å². The summed E-state index contributed by atoms with van der Waals surface area (Å²) in [6, 6.07) is 3.90. The molecule has 9 heteroatoms. The molecule has 7 nitrogen and oxygen atoms in total. The van der Waals surface area contributed by atoms with Gasteiger partial charge < -0.3 is 15.0 Å². The molecule has 0 amide bonds. The number of nitrogens with zero attached hydrogens (tertiary/aromatic N) is 3. The number of aliphatic imine (C=N–C) groups is 1. The van der Waals surface area contributed by atoms with Crippen LogP contribution in [0.2, 0.25) is 0 Å². The molecule has 1 aliphatic heterocycles. The van der Waals surface area contributed by atoms with Gasteiger partial charge in [0.2, 0.25) is 5.88 Å². The lowest BCUT2D eigenvalue weighted by Gasteiger charge is -2.39. The molecule has 0 radical (unpaired) electrons. The van der Waals surface area contributed by atoms with Gasteiger partial charge in [0.25, 0.3) is 0 Å². The van der Waals surface area contributed by atoms with Crippen molar-refractivity contribution in [3.05, 3.63) is 23.9 Å². The van der Waals surface area contributed by atoms with Crippen LogP contribution in [-0.4, -0.2) is 60.5 Å². The van der Waals surface area contributed by atoms with Crippen molar-refractivity contribution >= 4 is 39.8 Å². The van der Waals surface area contributed by atoms with E-state index in [0.717, 1.165) is 30.9 Å². The molecule has 0 bridgehead atoms. The highest BCUT2D eigenvalue weighted by atomic mass is 127. The average Bonchev–Trinajstić information content (AvgIpc) is 3.14. The van der Waals surface area contributed by atoms with Crippen LogP contribution in [0.1, 0.15) is 52.0 Å². The van der Waals surface area contributed by atoms with Gasteiger partial charge in [-0.25, -0.2) is 18.4 Å². The van der Waals surface area contributed by atoms with Crippen molar-refractivity contribution in [2.75, 3.05) is 25.4 Å². The lowest BCUT2D eigenvalue weighted by atomic mass is 10.2. The Balaban J connectivity index is 0.00000300. The fourth-order valence-corrected chi connectivity index (χ4v) is 5.07. The zero-order chi connectivity index (χ0) is 20.2. The third-order valence-electron chi connectivity index (χ3n) is 5.48. The Kier molecular flexibility index (Phi) is 8.57. The molecule has 0 atom stereocenters. The highest BCUT2D eigenvalue weighted by Crippen LogP contribution is 2.25. The van der Waals surface area contributed by atoms with E-state index in [1.165, 1.54) is 12.8 Å². The lowest BCUT2D eigenvalue weighted by molar-refractivity contribution is 0.201. The minimum atomic E-state index is -3.08. The van der Waals surface area contributed by atoms with Crippen molar-refractivity contribution in [2.45, 2.75) is 63.9 Å². The number of ether oxygens (including phenoxy) is 1. The predicted molar refractivity (Wildman–Crippen MR) is 127 cm³/mol. The second-order valence-electron chi connectivity index (χ2n) is 8.20. The van der Waals surface area contributed by atoms with E-state index in [0.29, 0.717) is 25.5 Å². The quantitative estimate of drug-likeness (QED) is 0.354. The molecule has 1 aromatic heterocycles. The van der Waals surface area contributed by atoms with Crippen molar-refractivity contribution in [1.82, 2.24) is 15.2 Å². The Morgan fingerprint density at radius 1 is 1.38 bits per heavy atom. The molecule has 0 aromatic carbocycles. The van der Waals surface area contributed by atoms with Gasteiger partial charge in [0.05, 0.1) is 17.0 Å². The summed E-state index contributed by atoms with van der Waals surface area (Å²) in [6.45, 7) is 7.71. The van der Waals surface area contributed by atoms with E-state index in [4.69, 9.17) is 9.73 Å². The summed E-state index contributed by atoms with van der Waals surface area (Å²) in [7, 11) is -3.08. The Bertz CT molecular complexity index is 808. The molecule has 0 unspecified atom stereocenters. The van der Waals surface area contributed by atoms with E-state index in [1.807, 2.05) is 24.0 Å². The molecule has 2 aliphatic rings. The van der Waals surface area contributed by atoms with Crippen molar-refractivity contribution in [2.24, 2.45) is 4.99 Å². The van der Waals surface area contributed by atoms with Crippen LogP contribution in [0.25, 0.3) is 0 Å². The molecule has 2 heterocycles. The second kappa shape index (κ2) is 10.3. The number of rotatable bonds is 5. The normalized spacial score (nSPS) is 21.5. The number of hydrogen-bond donors (Lipinski definition) is 1. The smallest absolute Gasteiger partial charge is 0.213 e.